The number of carboxylic acid groups (broad SMARTS) is 1. The van der Waals surface area contributed by atoms with E-state index in [-0.39, 0.29) is 24.0 Å². The Morgan fingerprint density at radius 2 is 1.66 bits per heavy atom. The van der Waals surface area contributed by atoms with Crippen LogP contribution < -0.4 is 33.2 Å². The van der Waals surface area contributed by atoms with Crippen LogP contribution in [0.3, 0.4) is 0 Å². The number of aliphatic carboxylic acids is 1. The number of benzene rings is 1. The van der Waals surface area contributed by atoms with Gasteiger partial charge in [-0.2, -0.15) is 0 Å². The highest BCUT2D eigenvalue weighted by Gasteiger charge is 2.27. The predicted octanol–water partition coefficient (Wildman–Crippen LogP) is -1.86. The molecule has 13 heteroatoms. The van der Waals surface area contributed by atoms with Crippen molar-refractivity contribution in [3.8, 4) is 5.75 Å². The number of hydrogen-bond acceptors (Lipinski definition) is 7. The van der Waals surface area contributed by atoms with Crippen LogP contribution in [-0.4, -0.2) is 71.1 Å². The second-order valence-corrected chi connectivity index (χ2v) is 8.33. The molecular formula is C22H35N7O6. The van der Waals surface area contributed by atoms with Crippen molar-refractivity contribution in [1.29, 1.82) is 0 Å². The summed E-state index contributed by atoms with van der Waals surface area (Å²) in [5.74, 6) is -3.44. The van der Waals surface area contributed by atoms with Gasteiger partial charge in [0, 0.05) is 13.0 Å². The highest BCUT2D eigenvalue weighted by atomic mass is 16.4. The number of hydrogen-bond donors (Lipinski definition) is 8. The molecule has 11 N–H and O–H groups in total. The van der Waals surface area contributed by atoms with Gasteiger partial charge in [-0.15, -0.1) is 0 Å². The summed E-state index contributed by atoms with van der Waals surface area (Å²) in [5, 5.41) is 26.1. The van der Waals surface area contributed by atoms with Crippen molar-refractivity contribution in [2.75, 3.05) is 13.1 Å². The number of guanidine groups is 1. The quantitative estimate of drug-likeness (QED) is 0.0823. The summed E-state index contributed by atoms with van der Waals surface area (Å²) < 4.78 is 0. The van der Waals surface area contributed by atoms with Gasteiger partial charge in [0.25, 0.3) is 0 Å². The van der Waals surface area contributed by atoms with Crippen molar-refractivity contribution in [3.63, 3.8) is 0 Å². The average Bonchev–Trinajstić information content (AvgIpc) is 2.78. The van der Waals surface area contributed by atoms with E-state index in [9.17, 15) is 29.4 Å². The lowest BCUT2D eigenvalue weighted by Gasteiger charge is -2.23. The molecule has 194 valence electrons. The molecule has 3 atom stereocenters. The summed E-state index contributed by atoms with van der Waals surface area (Å²) in [7, 11) is 0. The number of rotatable bonds is 14. The minimum atomic E-state index is -1.25. The van der Waals surface area contributed by atoms with Crippen molar-refractivity contribution in [2.24, 2.45) is 28.1 Å². The molecule has 0 aliphatic heterocycles. The van der Waals surface area contributed by atoms with E-state index in [2.05, 4.69) is 20.9 Å². The normalized spacial score (nSPS) is 13.3. The second-order valence-electron chi connectivity index (χ2n) is 8.33. The van der Waals surface area contributed by atoms with Crippen molar-refractivity contribution in [3.05, 3.63) is 29.8 Å². The average molecular weight is 494 g/mol. The largest absolute Gasteiger partial charge is 0.508 e. The van der Waals surface area contributed by atoms with Gasteiger partial charge in [-0.1, -0.05) is 26.0 Å². The van der Waals surface area contributed by atoms with Crippen molar-refractivity contribution >= 4 is 29.7 Å². The standard InChI is InChI=1S/C22H35N7O6/c1-12(2)18(29-19(32)15(23)4-3-9-26-22(24)25)20(33)27-11-17(31)28-16(21(34)35)10-13-5-7-14(30)8-6-13/h5-8,12,15-16,18,30H,3-4,9-11,23H2,1-2H3,(H,27,33)(H,28,31)(H,29,32)(H,34,35)(H4,24,25,26). The Labute approximate surface area is 203 Å². The van der Waals surface area contributed by atoms with Gasteiger partial charge in [-0.25, -0.2) is 4.79 Å². The molecule has 3 unspecified atom stereocenters. The predicted molar refractivity (Wildman–Crippen MR) is 129 cm³/mol. The molecule has 1 aromatic carbocycles. The zero-order chi connectivity index (χ0) is 26.5. The number of amides is 3. The third-order valence-corrected chi connectivity index (χ3v) is 4.98. The van der Waals surface area contributed by atoms with Crippen LogP contribution in [0, 0.1) is 5.92 Å². The fourth-order valence-corrected chi connectivity index (χ4v) is 3.04. The maximum atomic E-state index is 12.6. The summed E-state index contributed by atoms with van der Waals surface area (Å²) in [6.07, 6.45) is 0.760. The fourth-order valence-electron chi connectivity index (χ4n) is 3.04. The molecule has 0 saturated carbocycles. The Morgan fingerprint density at radius 3 is 2.20 bits per heavy atom. The highest BCUT2D eigenvalue weighted by molar-refractivity contribution is 5.92. The maximum Gasteiger partial charge on any atom is 0.326 e. The first-order valence-corrected chi connectivity index (χ1v) is 11.1. The van der Waals surface area contributed by atoms with Crippen LogP contribution >= 0.6 is 0 Å². The molecule has 13 nitrogen and oxygen atoms in total. The van der Waals surface area contributed by atoms with E-state index in [4.69, 9.17) is 17.2 Å². The molecule has 0 aromatic heterocycles. The van der Waals surface area contributed by atoms with E-state index < -0.39 is 48.4 Å². The van der Waals surface area contributed by atoms with Gasteiger partial charge >= 0.3 is 5.97 Å². The number of aromatic hydroxyl groups is 1. The van der Waals surface area contributed by atoms with Gasteiger partial charge in [-0.05, 0) is 36.5 Å². The third-order valence-electron chi connectivity index (χ3n) is 4.98. The van der Waals surface area contributed by atoms with E-state index in [0.29, 0.717) is 24.9 Å². The third kappa shape index (κ3) is 11.2. The molecule has 0 spiro atoms. The summed E-state index contributed by atoms with van der Waals surface area (Å²) >= 11 is 0. The van der Waals surface area contributed by atoms with Gasteiger partial charge < -0.3 is 43.4 Å². The number of carboxylic acids is 1. The molecule has 0 heterocycles. The first kappa shape index (κ1) is 29.2. The summed E-state index contributed by atoms with van der Waals surface area (Å²) in [4.78, 5) is 52.6. The molecule has 1 aromatic rings. The van der Waals surface area contributed by atoms with Gasteiger partial charge in [0.15, 0.2) is 5.96 Å². The number of nitrogens with zero attached hydrogens (tertiary/aromatic N) is 1. The van der Waals surface area contributed by atoms with E-state index in [1.54, 1.807) is 26.0 Å². The Morgan fingerprint density at radius 1 is 1.03 bits per heavy atom. The van der Waals surface area contributed by atoms with Crippen LogP contribution in [0.25, 0.3) is 0 Å². The van der Waals surface area contributed by atoms with Gasteiger partial charge in [0.2, 0.25) is 17.7 Å². The number of phenols is 1. The van der Waals surface area contributed by atoms with Gasteiger partial charge in [-0.3, -0.25) is 19.4 Å². The smallest absolute Gasteiger partial charge is 0.326 e. The number of aliphatic imine (C=N–C) groups is 1. The molecule has 1 rings (SSSR count). The number of nitrogens with two attached hydrogens (primary N) is 3. The highest BCUT2D eigenvalue weighted by Crippen LogP contribution is 2.11. The van der Waals surface area contributed by atoms with Crippen LogP contribution in [0.1, 0.15) is 32.3 Å². The number of phenolic OH excluding ortho intramolecular Hbond substituents is 1. The Balaban J connectivity index is 2.60. The second kappa shape index (κ2) is 14.4. The Kier molecular flexibility index (Phi) is 12.0. The molecule has 0 aliphatic rings. The molecule has 0 fully saturated rings. The number of nitrogens with one attached hydrogen (secondary N) is 3. The van der Waals surface area contributed by atoms with E-state index in [1.807, 2.05) is 0 Å². The molecule has 0 saturated heterocycles. The summed E-state index contributed by atoms with van der Waals surface area (Å²) in [6, 6.07) is 2.84. The van der Waals surface area contributed by atoms with Crippen LogP contribution in [0.15, 0.2) is 29.3 Å². The molecule has 0 radical (unpaired) electrons. The lowest BCUT2D eigenvalue weighted by atomic mass is 10.0. The lowest BCUT2D eigenvalue weighted by molar-refractivity contribution is -0.141. The zero-order valence-corrected chi connectivity index (χ0v) is 19.9. The first-order valence-electron chi connectivity index (χ1n) is 11.1. The molecule has 0 aliphatic carbocycles. The van der Waals surface area contributed by atoms with E-state index in [0.717, 1.165) is 0 Å². The minimum Gasteiger partial charge on any atom is -0.508 e. The Bertz CT molecular complexity index is 900. The van der Waals surface area contributed by atoms with Crippen molar-refractivity contribution < 1.29 is 29.4 Å². The van der Waals surface area contributed by atoms with E-state index in [1.165, 1.54) is 12.1 Å². The van der Waals surface area contributed by atoms with Gasteiger partial charge in [0.05, 0.1) is 12.6 Å². The monoisotopic (exact) mass is 493 g/mol. The molecular weight excluding hydrogens is 458 g/mol. The molecule has 3 amide bonds. The zero-order valence-electron chi connectivity index (χ0n) is 19.9. The van der Waals surface area contributed by atoms with Crippen molar-refractivity contribution in [2.45, 2.75) is 51.2 Å². The Hall–Kier alpha value is -3.87. The molecule has 35 heavy (non-hydrogen) atoms. The summed E-state index contributed by atoms with van der Waals surface area (Å²) in [5.41, 5.74) is 16.9. The fraction of sp³-hybridized carbons (Fsp3) is 0.500. The van der Waals surface area contributed by atoms with Gasteiger partial charge in [0.1, 0.15) is 17.8 Å². The van der Waals surface area contributed by atoms with Crippen LogP contribution in [0.4, 0.5) is 0 Å². The van der Waals surface area contributed by atoms with Crippen LogP contribution in [-0.2, 0) is 25.6 Å². The van der Waals surface area contributed by atoms with Crippen LogP contribution in [0.5, 0.6) is 5.75 Å². The number of carbonyl (C=O) groups is 4. The molecule has 0 bridgehead atoms. The minimum absolute atomic E-state index is 0.0128. The first-order chi connectivity index (χ1) is 16.4. The number of carbonyl (C=O) groups excluding carboxylic acids is 3. The van der Waals surface area contributed by atoms with Crippen LogP contribution in [0.2, 0.25) is 0 Å². The van der Waals surface area contributed by atoms with Crippen molar-refractivity contribution in [1.82, 2.24) is 16.0 Å². The topological polar surface area (TPSA) is 235 Å². The van der Waals surface area contributed by atoms with E-state index >= 15 is 0 Å². The lowest BCUT2D eigenvalue weighted by Crippen LogP contribution is -2.55. The SMILES string of the molecule is CC(C)C(NC(=O)C(N)CCCN=C(N)N)C(=O)NCC(=O)NC(Cc1ccc(O)cc1)C(=O)O. The summed E-state index contributed by atoms with van der Waals surface area (Å²) in [6.45, 7) is 3.26. The maximum absolute atomic E-state index is 12.6.